The predicted octanol–water partition coefficient (Wildman–Crippen LogP) is 2.58. The van der Waals surface area contributed by atoms with Gasteiger partial charge in [0, 0.05) is 5.92 Å². The number of rotatable bonds is 7. The zero-order valence-electron chi connectivity index (χ0n) is 13.2. The van der Waals surface area contributed by atoms with Gasteiger partial charge in [-0.15, -0.1) is 10.2 Å². The monoisotopic (exact) mass is 302 g/mol. The molecule has 1 aromatic carbocycles. The van der Waals surface area contributed by atoms with Crippen LogP contribution in [0.3, 0.4) is 0 Å². The van der Waals surface area contributed by atoms with Crippen molar-refractivity contribution in [3.8, 4) is 0 Å². The molecular weight excluding hydrogens is 280 g/mol. The first-order valence-electron chi connectivity index (χ1n) is 7.49. The number of aryl methyl sites for hydroxylation is 1. The van der Waals surface area contributed by atoms with E-state index in [1.165, 1.54) is 5.56 Å². The molecule has 0 saturated heterocycles. The Kier molecular flexibility index (Phi) is 5.25. The van der Waals surface area contributed by atoms with Crippen LogP contribution in [-0.2, 0) is 11.2 Å². The molecule has 1 aromatic heterocycles. The summed E-state index contributed by atoms with van der Waals surface area (Å²) in [6, 6.07) is 8.11. The number of carboxylic acids is 1. The average molecular weight is 302 g/mol. The molecule has 0 aliphatic carbocycles. The van der Waals surface area contributed by atoms with E-state index in [9.17, 15) is 9.90 Å². The van der Waals surface area contributed by atoms with Crippen molar-refractivity contribution in [3.63, 3.8) is 0 Å². The van der Waals surface area contributed by atoms with Gasteiger partial charge in [0.2, 0.25) is 0 Å². The van der Waals surface area contributed by atoms with Crippen molar-refractivity contribution in [2.45, 2.75) is 39.5 Å². The minimum atomic E-state index is -0.810. The van der Waals surface area contributed by atoms with Gasteiger partial charge in [-0.05, 0) is 31.2 Å². The highest BCUT2D eigenvalue weighted by molar-refractivity contribution is 5.71. The van der Waals surface area contributed by atoms with Gasteiger partial charge in [-0.25, -0.2) is 0 Å². The molecule has 0 unspecified atom stereocenters. The van der Waals surface area contributed by atoms with E-state index < -0.39 is 11.9 Å². The molecule has 2 atom stereocenters. The van der Waals surface area contributed by atoms with E-state index in [1.807, 2.05) is 45.0 Å². The van der Waals surface area contributed by atoms with Crippen LogP contribution in [0.25, 0.3) is 0 Å². The van der Waals surface area contributed by atoms with Crippen molar-refractivity contribution < 1.29 is 9.90 Å². The molecule has 0 radical (unpaired) electrons. The van der Waals surface area contributed by atoms with E-state index in [2.05, 4.69) is 20.6 Å². The summed E-state index contributed by atoms with van der Waals surface area (Å²) in [5.74, 6) is -0.877. The van der Waals surface area contributed by atoms with Crippen molar-refractivity contribution in [2.75, 3.05) is 0 Å². The van der Waals surface area contributed by atoms with E-state index in [-0.39, 0.29) is 11.8 Å². The number of carboxylic acid groups (broad SMARTS) is 1. The Hall–Kier alpha value is -2.24. The number of tetrazole rings is 1. The van der Waals surface area contributed by atoms with Crippen LogP contribution in [0.2, 0.25) is 0 Å². The second-order valence-corrected chi connectivity index (χ2v) is 6.14. The number of hydrogen-bond donors (Lipinski definition) is 2. The zero-order chi connectivity index (χ0) is 16.1. The standard InChI is InChI=1S/C16H22N4O2/c1-10(2)8-14(16(21)22)13(15-17-19-20-18-15)9-12-6-4-11(3)5-7-12/h4-7,10,13-14H,8-9H2,1-3H3,(H,21,22)(H,17,18,19,20)/t13-,14-/m0/s1. The van der Waals surface area contributed by atoms with E-state index in [4.69, 9.17) is 0 Å². The predicted molar refractivity (Wildman–Crippen MR) is 82.4 cm³/mol. The second-order valence-electron chi connectivity index (χ2n) is 6.14. The van der Waals surface area contributed by atoms with Gasteiger partial charge in [0.25, 0.3) is 0 Å². The fourth-order valence-corrected chi connectivity index (χ4v) is 2.66. The Morgan fingerprint density at radius 3 is 2.45 bits per heavy atom. The SMILES string of the molecule is Cc1ccc(C[C@H](c2nn[nH]n2)[C@H](CC(C)C)C(=O)O)cc1. The quantitative estimate of drug-likeness (QED) is 0.820. The van der Waals surface area contributed by atoms with Crippen molar-refractivity contribution in [3.05, 3.63) is 41.2 Å². The van der Waals surface area contributed by atoms with Gasteiger partial charge in [-0.1, -0.05) is 48.9 Å². The summed E-state index contributed by atoms with van der Waals surface area (Å²) in [7, 11) is 0. The summed E-state index contributed by atoms with van der Waals surface area (Å²) in [5.41, 5.74) is 2.26. The number of aromatic amines is 1. The fourth-order valence-electron chi connectivity index (χ4n) is 2.66. The number of nitrogens with one attached hydrogen (secondary N) is 1. The van der Waals surface area contributed by atoms with Crippen molar-refractivity contribution in [1.29, 1.82) is 0 Å². The number of nitrogens with zero attached hydrogens (tertiary/aromatic N) is 3. The van der Waals surface area contributed by atoms with Gasteiger partial charge in [-0.2, -0.15) is 5.21 Å². The van der Waals surface area contributed by atoms with Crippen LogP contribution >= 0.6 is 0 Å². The minimum Gasteiger partial charge on any atom is -0.481 e. The summed E-state index contributed by atoms with van der Waals surface area (Å²) in [6.07, 6.45) is 1.17. The molecule has 0 aliphatic rings. The van der Waals surface area contributed by atoms with E-state index >= 15 is 0 Å². The first-order valence-corrected chi connectivity index (χ1v) is 7.49. The maximum atomic E-state index is 11.7. The lowest BCUT2D eigenvalue weighted by Gasteiger charge is -2.23. The lowest BCUT2D eigenvalue weighted by atomic mass is 9.81. The molecular formula is C16H22N4O2. The minimum absolute atomic E-state index is 0.286. The summed E-state index contributed by atoms with van der Waals surface area (Å²) < 4.78 is 0. The lowest BCUT2D eigenvalue weighted by Crippen LogP contribution is -2.26. The third-order valence-electron chi connectivity index (χ3n) is 3.80. The molecule has 2 aromatic rings. The maximum Gasteiger partial charge on any atom is 0.307 e. The Morgan fingerprint density at radius 2 is 1.95 bits per heavy atom. The third-order valence-corrected chi connectivity index (χ3v) is 3.80. The van der Waals surface area contributed by atoms with Crippen molar-refractivity contribution in [1.82, 2.24) is 20.6 Å². The van der Waals surface area contributed by atoms with Crippen LogP contribution in [0.5, 0.6) is 0 Å². The topological polar surface area (TPSA) is 91.8 Å². The second kappa shape index (κ2) is 7.15. The third kappa shape index (κ3) is 4.13. The number of aliphatic carboxylic acids is 1. The Morgan fingerprint density at radius 1 is 1.27 bits per heavy atom. The summed E-state index contributed by atoms with van der Waals surface area (Å²) in [5, 5.41) is 23.7. The van der Waals surface area contributed by atoms with Gasteiger partial charge in [-0.3, -0.25) is 4.79 Å². The molecule has 0 amide bonds. The van der Waals surface area contributed by atoms with Crippen LogP contribution in [0, 0.1) is 18.8 Å². The van der Waals surface area contributed by atoms with Crippen LogP contribution in [0.1, 0.15) is 43.1 Å². The smallest absolute Gasteiger partial charge is 0.307 e. The van der Waals surface area contributed by atoms with Crippen LogP contribution in [-0.4, -0.2) is 31.7 Å². The van der Waals surface area contributed by atoms with Crippen LogP contribution < -0.4 is 0 Å². The van der Waals surface area contributed by atoms with Gasteiger partial charge < -0.3 is 5.11 Å². The molecule has 0 aliphatic heterocycles. The molecule has 2 rings (SSSR count). The Bertz CT molecular complexity index is 593. The molecule has 22 heavy (non-hydrogen) atoms. The zero-order valence-corrected chi connectivity index (χ0v) is 13.2. The molecule has 0 fully saturated rings. The van der Waals surface area contributed by atoms with E-state index in [0.29, 0.717) is 18.7 Å². The first-order chi connectivity index (χ1) is 10.5. The normalized spacial score (nSPS) is 14.0. The van der Waals surface area contributed by atoms with E-state index in [1.54, 1.807) is 0 Å². The molecule has 118 valence electrons. The Labute approximate surface area is 130 Å². The number of carbonyl (C=O) groups is 1. The molecule has 0 spiro atoms. The molecule has 0 saturated carbocycles. The van der Waals surface area contributed by atoms with Gasteiger partial charge in [0.05, 0.1) is 5.92 Å². The highest BCUT2D eigenvalue weighted by Crippen LogP contribution is 2.31. The number of benzene rings is 1. The fraction of sp³-hybridized carbons (Fsp3) is 0.500. The van der Waals surface area contributed by atoms with Crippen LogP contribution in [0.4, 0.5) is 0 Å². The van der Waals surface area contributed by atoms with Gasteiger partial charge in [0.1, 0.15) is 0 Å². The van der Waals surface area contributed by atoms with Crippen molar-refractivity contribution >= 4 is 5.97 Å². The average Bonchev–Trinajstić information content (AvgIpc) is 2.98. The van der Waals surface area contributed by atoms with Gasteiger partial charge >= 0.3 is 5.97 Å². The Balaban J connectivity index is 2.29. The number of aromatic nitrogens is 4. The molecule has 1 heterocycles. The molecule has 2 N–H and O–H groups in total. The summed E-state index contributed by atoms with van der Waals surface area (Å²) >= 11 is 0. The lowest BCUT2D eigenvalue weighted by molar-refractivity contribution is -0.143. The number of H-pyrrole nitrogens is 1. The highest BCUT2D eigenvalue weighted by atomic mass is 16.4. The highest BCUT2D eigenvalue weighted by Gasteiger charge is 2.33. The number of hydrogen-bond acceptors (Lipinski definition) is 4. The first kappa shape index (κ1) is 16.1. The van der Waals surface area contributed by atoms with Gasteiger partial charge in [0.15, 0.2) is 5.82 Å². The molecule has 6 nitrogen and oxygen atoms in total. The van der Waals surface area contributed by atoms with Crippen LogP contribution in [0.15, 0.2) is 24.3 Å². The molecule has 6 heteroatoms. The summed E-state index contributed by atoms with van der Waals surface area (Å²) in [4.78, 5) is 11.7. The maximum absolute atomic E-state index is 11.7. The molecule has 0 bridgehead atoms. The summed E-state index contributed by atoms with van der Waals surface area (Å²) in [6.45, 7) is 6.07. The largest absolute Gasteiger partial charge is 0.481 e. The van der Waals surface area contributed by atoms with Crippen molar-refractivity contribution in [2.24, 2.45) is 11.8 Å². The van der Waals surface area contributed by atoms with E-state index in [0.717, 1.165) is 5.56 Å².